The molecule has 1 atom stereocenters. The van der Waals surface area contributed by atoms with E-state index in [4.69, 9.17) is 8.83 Å². The Morgan fingerprint density at radius 2 is 1.30 bits per heavy atom. The van der Waals surface area contributed by atoms with Crippen LogP contribution >= 0.6 is 0 Å². The van der Waals surface area contributed by atoms with Crippen LogP contribution in [0.25, 0.3) is 66.1 Å². The fourth-order valence-corrected chi connectivity index (χ4v) is 9.35. The van der Waals surface area contributed by atoms with E-state index in [1.54, 1.807) is 0 Å². The maximum absolute atomic E-state index is 7.01. The van der Waals surface area contributed by atoms with Crippen molar-refractivity contribution in [2.75, 3.05) is 4.90 Å². The van der Waals surface area contributed by atoms with Crippen molar-refractivity contribution in [1.29, 1.82) is 0 Å². The summed E-state index contributed by atoms with van der Waals surface area (Å²) in [4.78, 5) is 2.43. The first-order valence-electron chi connectivity index (χ1n) is 18.9. The molecule has 2 aromatic heterocycles. The molecule has 3 nitrogen and oxygen atoms in total. The molecule has 0 saturated heterocycles. The molecule has 2 heterocycles. The number of anilines is 3. The van der Waals surface area contributed by atoms with E-state index in [1.807, 2.05) is 6.07 Å². The molecule has 3 heteroatoms. The lowest BCUT2D eigenvalue weighted by Gasteiger charge is -2.29. The molecule has 0 spiro atoms. The molecule has 0 amide bonds. The molecular formula is C51H37NO2. The smallest absolute Gasteiger partial charge is 0.144 e. The Balaban J connectivity index is 1.21. The first kappa shape index (κ1) is 31.0. The third-order valence-corrected chi connectivity index (χ3v) is 11.8. The summed E-state index contributed by atoms with van der Waals surface area (Å²) in [5, 5.41) is 4.24. The summed E-state index contributed by atoms with van der Waals surface area (Å²) in [5.41, 5.74) is 15.4. The van der Waals surface area contributed by atoms with Crippen LogP contribution in [0.4, 0.5) is 17.1 Å². The second kappa shape index (κ2) is 11.7. The molecule has 54 heavy (non-hydrogen) atoms. The van der Waals surface area contributed by atoms with Gasteiger partial charge in [0.2, 0.25) is 0 Å². The predicted octanol–water partition coefficient (Wildman–Crippen LogP) is 14.6. The highest BCUT2D eigenvalue weighted by atomic mass is 16.3. The van der Waals surface area contributed by atoms with Crippen molar-refractivity contribution in [2.24, 2.45) is 0 Å². The third-order valence-electron chi connectivity index (χ3n) is 11.8. The van der Waals surface area contributed by atoms with Gasteiger partial charge in [-0.25, -0.2) is 0 Å². The fourth-order valence-electron chi connectivity index (χ4n) is 9.35. The summed E-state index contributed by atoms with van der Waals surface area (Å²) in [6, 6.07) is 54.2. The molecule has 0 N–H and O–H groups in total. The standard InChI is InChI=1S/C51H37NO2/c1-51(2)41-23-11-9-21-37(41)38-28-27-36(30-42(38)51)52(35-20-13-19-34(29-35)32-15-5-3-6-16-32)43-24-14-26-45-48(43)40-31-46-49(39-22-10-12-25-44(39)53-46)47(50(40)54-45)33-17-7-4-8-18-33/h3-20,22-31,37H,21H2,1-2H3. The largest absolute Gasteiger partial charge is 0.456 e. The van der Waals surface area contributed by atoms with Crippen LogP contribution < -0.4 is 4.90 Å². The predicted molar refractivity (Wildman–Crippen MR) is 224 cm³/mol. The summed E-state index contributed by atoms with van der Waals surface area (Å²) >= 11 is 0. The van der Waals surface area contributed by atoms with Gasteiger partial charge in [0.15, 0.2) is 0 Å². The number of nitrogens with zero attached hydrogens (tertiary/aromatic N) is 1. The SMILES string of the molecule is CC1(C)C2=CC=CCC2c2ccc(N(c3cccc(-c4ccccc4)c3)c3cccc4oc5c(-c6ccccc6)c6c(cc5c34)oc3ccccc36)cc21. The number of allylic oxidation sites excluding steroid dienone is 4. The van der Waals surface area contributed by atoms with Gasteiger partial charge in [-0.2, -0.15) is 0 Å². The van der Waals surface area contributed by atoms with E-state index in [-0.39, 0.29) is 5.41 Å². The van der Waals surface area contributed by atoms with Crippen LogP contribution in [0, 0.1) is 0 Å². The zero-order valence-corrected chi connectivity index (χ0v) is 30.2. The number of fused-ring (bicyclic) bond motifs is 9. The van der Waals surface area contributed by atoms with E-state index in [2.05, 4.69) is 183 Å². The Morgan fingerprint density at radius 3 is 2.15 bits per heavy atom. The number of benzene rings is 7. The van der Waals surface area contributed by atoms with Crippen molar-refractivity contribution in [3.8, 4) is 22.3 Å². The molecular weight excluding hydrogens is 659 g/mol. The first-order valence-corrected chi connectivity index (χ1v) is 18.9. The lowest BCUT2D eigenvalue weighted by molar-refractivity contribution is 0.612. The highest BCUT2D eigenvalue weighted by molar-refractivity contribution is 6.25. The van der Waals surface area contributed by atoms with Crippen molar-refractivity contribution in [1.82, 2.24) is 0 Å². The van der Waals surface area contributed by atoms with Crippen LogP contribution in [0.15, 0.2) is 184 Å². The van der Waals surface area contributed by atoms with Crippen molar-refractivity contribution in [3.63, 3.8) is 0 Å². The normalized spacial score (nSPS) is 15.9. The Kier molecular flexibility index (Phi) is 6.72. The minimum absolute atomic E-state index is 0.0792. The molecule has 11 rings (SSSR count). The zero-order valence-electron chi connectivity index (χ0n) is 30.2. The van der Waals surface area contributed by atoms with Gasteiger partial charge in [-0.05, 0) is 82.8 Å². The Morgan fingerprint density at radius 1 is 0.574 bits per heavy atom. The number of para-hydroxylation sites is 1. The van der Waals surface area contributed by atoms with E-state index in [0.29, 0.717) is 5.92 Å². The summed E-state index contributed by atoms with van der Waals surface area (Å²) in [6.45, 7) is 4.77. The molecule has 2 aliphatic rings. The highest BCUT2D eigenvalue weighted by Crippen LogP contribution is 2.55. The van der Waals surface area contributed by atoms with Gasteiger partial charge in [0.25, 0.3) is 0 Å². The topological polar surface area (TPSA) is 29.5 Å². The molecule has 2 aliphatic carbocycles. The minimum Gasteiger partial charge on any atom is -0.456 e. The van der Waals surface area contributed by atoms with Gasteiger partial charge < -0.3 is 13.7 Å². The zero-order chi connectivity index (χ0) is 36.0. The van der Waals surface area contributed by atoms with Gasteiger partial charge in [0.1, 0.15) is 22.3 Å². The van der Waals surface area contributed by atoms with Crippen LogP contribution in [0.5, 0.6) is 0 Å². The lowest BCUT2D eigenvalue weighted by atomic mass is 9.79. The van der Waals surface area contributed by atoms with Crippen LogP contribution in [0.2, 0.25) is 0 Å². The van der Waals surface area contributed by atoms with E-state index in [1.165, 1.54) is 27.8 Å². The second-order valence-electron chi connectivity index (χ2n) is 15.2. The molecule has 0 fully saturated rings. The monoisotopic (exact) mass is 695 g/mol. The van der Waals surface area contributed by atoms with Gasteiger partial charge in [0.05, 0.1) is 11.1 Å². The number of hydrogen-bond acceptors (Lipinski definition) is 3. The molecule has 0 radical (unpaired) electrons. The molecule has 7 aromatic carbocycles. The maximum Gasteiger partial charge on any atom is 0.144 e. The third kappa shape index (κ3) is 4.55. The summed E-state index contributed by atoms with van der Waals surface area (Å²) in [5.74, 6) is 0.424. The van der Waals surface area contributed by atoms with Gasteiger partial charge in [-0.15, -0.1) is 0 Å². The second-order valence-corrected chi connectivity index (χ2v) is 15.2. The van der Waals surface area contributed by atoms with Crippen LogP contribution in [-0.4, -0.2) is 0 Å². The van der Waals surface area contributed by atoms with Gasteiger partial charge in [0, 0.05) is 44.4 Å². The molecule has 258 valence electrons. The quantitative estimate of drug-likeness (QED) is 0.179. The number of hydrogen-bond donors (Lipinski definition) is 0. The van der Waals surface area contributed by atoms with Crippen molar-refractivity contribution >= 4 is 60.9 Å². The van der Waals surface area contributed by atoms with Crippen LogP contribution in [-0.2, 0) is 5.41 Å². The van der Waals surface area contributed by atoms with E-state index in [9.17, 15) is 0 Å². The maximum atomic E-state index is 7.01. The molecule has 9 aromatic rings. The average molecular weight is 696 g/mol. The van der Waals surface area contributed by atoms with E-state index >= 15 is 0 Å². The Bertz CT molecular complexity index is 3000. The van der Waals surface area contributed by atoms with Gasteiger partial charge >= 0.3 is 0 Å². The first-order chi connectivity index (χ1) is 26.5. The summed E-state index contributed by atoms with van der Waals surface area (Å²) in [7, 11) is 0. The fraction of sp³-hybridized carbons (Fsp3) is 0.0980. The molecule has 0 aliphatic heterocycles. The molecule has 1 unspecified atom stereocenters. The Hall–Kier alpha value is -6.58. The number of rotatable bonds is 5. The van der Waals surface area contributed by atoms with Gasteiger partial charge in [-0.1, -0.05) is 141 Å². The van der Waals surface area contributed by atoms with Crippen molar-refractivity contribution < 1.29 is 8.83 Å². The van der Waals surface area contributed by atoms with Crippen LogP contribution in [0.1, 0.15) is 37.3 Å². The van der Waals surface area contributed by atoms with E-state index < -0.39 is 0 Å². The van der Waals surface area contributed by atoms with Crippen molar-refractivity contribution in [2.45, 2.75) is 31.6 Å². The van der Waals surface area contributed by atoms with E-state index in [0.717, 1.165) is 78.5 Å². The number of furan rings is 2. The summed E-state index contributed by atoms with van der Waals surface area (Å²) in [6.07, 6.45) is 7.93. The van der Waals surface area contributed by atoms with Crippen molar-refractivity contribution in [3.05, 3.63) is 187 Å². The Labute approximate surface area is 314 Å². The highest BCUT2D eigenvalue weighted by Gasteiger charge is 2.42. The molecule has 0 saturated carbocycles. The van der Waals surface area contributed by atoms with Gasteiger partial charge in [-0.3, -0.25) is 0 Å². The lowest BCUT2D eigenvalue weighted by Crippen LogP contribution is -2.18. The average Bonchev–Trinajstić information content (AvgIpc) is 3.86. The van der Waals surface area contributed by atoms with Crippen LogP contribution in [0.3, 0.4) is 0 Å². The summed E-state index contributed by atoms with van der Waals surface area (Å²) < 4.78 is 13.6. The molecule has 0 bridgehead atoms. The minimum atomic E-state index is -0.0792.